The summed E-state index contributed by atoms with van der Waals surface area (Å²) in [5.74, 6) is -0.485. The van der Waals surface area contributed by atoms with Crippen molar-refractivity contribution in [3.05, 3.63) is 22.7 Å². The van der Waals surface area contributed by atoms with Crippen molar-refractivity contribution in [3.63, 3.8) is 0 Å². The van der Waals surface area contributed by atoms with Crippen LogP contribution < -0.4 is 16.8 Å². The largest absolute Gasteiger partial charge is 0.417 e. The van der Waals surface area contributed by atoms with Crippen LogP contribution in [0.1, 0.15) is 20.8 Å². The molecule has 0 fully saturated rings. The van der Waals surface area contributed by atoms with Crippen molar-refractivity contribution in [1.82, 2.24) is 4.98 Å². The molecule has 0 radical (unpaired) electrons. The molecule has 0 aliphatic heterocycles. The molecule has 104 valence electrons. The van der Waals surface area contributed by atoms with E-state index in [0.717, 1.165) is 5.69 Å². The van der Waals surface area contributed by atoms with E-state index in [1.165, 1.54) is 0 Å². The first-order valence-electron chi connectivity index (χ1n) is 6.21. The van der Waals surface area contributed by atoms with Gasteiger partial charge in [0.1, 0.15) is 0 Å². The standard InChI is InChI=1S/C13H19N3O3/c1-4-18-13(2,3)7-15-9-6-10-11(5-8(9)14)19-12(17)16-10/h5-6,15H,4,7,14H2,1-3H3,(H,16,17). The van der Waals surface area contributed by atoms with E-state index >= 15 is 0 Å². The van der Waals surface area contributed by atoms with E-state index in [1.54, 1.807) is 12.1 Å². The van der Waals surface area contributed by atoms with Gasteiger partial charge in [0.2, 0.25) is 0 Å². The van der Waals surface area contributed by atoms with E-state index in [4.69, 9.17) is 14.9 Å². The van der Waals surface area contributed by atoms with Crippen molar-refractivity contribution in [2.75, 3.05) is 24.2 Å². The molecule has 1 aromatic carbocycles. The quantitative estimate of drug-likeness (QED) is 0.718. The predicted octanol–water partition coefficient (Wildman–Crippen LogP) is 1.93. The summed E-state index contributed by atoms with van der Waals surface area (Å²) in [4.78, 5) is 13.7. The van der Waals surface area contributed by atoms with Crippen LogP contribution in [0.4, 0.5) is 11.4 Å². The SMILES string of the molecule is CCOC(C)(C)CNc1cc2[nH]c(=O)oc2cc1N. The molecule has 0 atom stereocenters. The lowest BCUT2D eigenvalue weighted by atomic mass is 10.1. The van der Waals surface area contributed by atoms with E-state index in [0.29, 0.717) is 29.9 Å². The average Bonchev–Trinajstić information content (AvgIpc) is 2.65. The third kappa shape index (κ3) is 3.08. The zero-order chi connectivity index (χ0) is 14.0. The number of aromatic nitrogens is 1. The molecule has 0 aliphatic carbocycles. The summed E-state index contributed by atoms with van der Waals surface area (Å²) in [5, 5.41) is 3.23. The molecule has 1 heterocycles. The van der Waals surface area contributed by atoms with Gasteiger partial charge in [-0.2, -0.15) is 0 Å². The second-order valence-corrected chi connectivity index (χ2v) is 5.00. The Morgan fingerprint density at radius 1 is 1.47 bits per heavy atom. The topological polar surface area (TPSA) is 93.3 Å². The van der Waals surface area contributed by atoms with Crippen molar-refractivity contribution < 1.29 is 9.15 Å². The minimum atomic E-state index is -0.485. The van der Waals surface area contributed by atoms with Gasteiger partial charge in [-0.1, -0.05) is 0 Å². The summed E-state index contributed by atoms with van der Waals surface area (Å²) in [6.07, 6.45) is 0. The highest BCUT2D eigenvalue weighted by Crippen LogP contribution is 2.25. The van der Waals surface area contributed by atoms with Gasteiger partial charge in [-0.3, -0.25) is 4.98 Å². The van der Waals surface area contributed by atoms with Gasteiger partial charge in [-0.05, 0) is 26.8 Å². The second-order valence-electron chi connectivity index (χ2n) is 5.00. The fourth-order valence-electron chi connectivity index (χ4n) is 1.92. The van der Waals surface area contributed by atoms with Gasteiger partial charge in [0, 0.05) is 19.2 Å². The monoisotopic (exact) mass is 265 g/mol. The normalized spacial score (nSPS) is 11.9. The van der Waals surface area contributed by atoms with E-state index in [1.807, 2.05) is 20.8 Å². The molecule has 0 saturated carbocycles. The fraction of sp³-hybridized carbons (Fsp3) is 0.462. The number of hydrogen-bond acceptors (Lipinski definition) is 5. The third-order valence-corrected chi connectivity index (χ3v) is 2.83. The van der Waals surface area contributed by atoms with Crippen LogP contribution in [0.15, 0.2) is 21.3 Å². The number of benzene rings is 1. The highest BCUT2D eigenvalue weighted by Gasteiger charge is 2.18. The van der Waals surface area contributed by atoms with Crippen LogP contribution in [0, 0.1) is 0 Å². The minimum absolute atomic E-state index is 0.292. The molecule has 0 aliphatic rings. The Hall–Kier alpha value is -1.95. The van der Waals surface area contributed by atoms with Crippen molar-refractivity contribution in [2.24, 2.45) is 0 Å². The smallest absolute Gasteiger partial charge is 0.408 e. The lowest BCUT2D eigenvalue weighted by molar-refractivity contribution is 0.000711. The Morgan fingerprint density at radius 2 is 2.21 bits per heavy atom. The molecule has 6 nitrogen and oxygen atoms in total. The molecule has 19 heavy (non-hydrogen) atoms. The maximum absolute atomic E-state index is 11.1. The number of fused-ring (bicyclic) bond motifs is 1. The Balaban J connectivity index is 2.20. The first-order valence-corrected chi connectivity index (χ1v) is 6.21. The summed E-state index contributed by atoms with van der Waals surface area (Å²) in [7, 11) is 0. The summed E-state index contributed by atoms with van der Waals surface area (Å²) < 4.78 is 10.5. The summed E-state index contributed by atoms with van der Waals surface area (Å²) in [6, 6.07) is 3.39. The van der Waals surface area contributed by atoms with Crippen LogP contribution in [0.25, 0.3) is 11.1 Å². The van der Waals surface area contributed by atoms with Gasteiger partial charge in [0.15, 0.2) is 5.58 Å². The van der Waals surface area contributed by atoms with E-state index in [2.05, 4.69) is 10.3 Å². The highest BCUT2D eigenvalue weighted by molar-refractivity contribution is 5.85. The minimum Gasteiger partial charge on any atom is -0.408 e. The van der Waals surface area contributed by atoms with Crippen LogP contribution in [-0.4, -0.2) is 23.7 Å². The van der Waals surface area contributed by atoms with E-state index in [9.17, 15) is 4.79 Å². The molecular weight excluding hydrogens is 246 g/mol. The number of oxazole rings is 1. The number of rotatable bonds is 5. The maximum atomic E-state index is 11.1. The zero-order valence-corrected chi connectivity index (χ0v) is 11.4. The molecule has 0 spiro atoms. The van der Waals surface area contributed by atoms with E-state index < -0.39 is 5.76 Å². The Labute approximate surface area is 110 Å². The highest BCUT2D eigenvalue weighted by atomic mass is 16.5. The molecule has 0 unspecified atom stereocenters. The maximum Gasteiger partial charge on any atom is 0.417 e. The van der Waals surface area contributed by atoms with Crippen LogP contribution >= 0.6 is 0 Å². The van der Waals surface area contributed by atoms with Gasteiger partial charge in [-0.15, -0.1) is 0 Å². The van der Waals surface area contributed by atoms with Crippen molar-refractivity contribution in [1.29, 1.82) is 0 Å². The molecular formula is C13H19N3O3. The molecule has 0 amide bonds. The van der Waals surface area contributed by atoms with Crippen LogP contribution in [0.5, 0.6) is 0 Å². The lowest BCUT2D eigenvalue weighted by Crippen LogP contribution is -2.33. The summed E-state index contributed by atoms with van der Waals surface area (Å²) in [6.45, 7) is 7.21. The van der Waals surface area contributed by atoms with Crippen molar-refractivity contribution >= 4 is 22.5 Å². The molecule has 2 rings (SSSR count). The number of aromatic amines is 1. The zero-order valence-electron chi connectivity index (χ0n) is 11.4. The van der Waals surface area contributed by atoms with Gasteiger partial charge < -0.3 is 20.2 Å². The predicted molar refractivity (Wildman–Crippen MR) is 75.4 cm³/mol. The van der Waals surface area contributed by atoms with Crippen LogP contribution in [0.2, 0.25) is 0 Å². The van der Waals surface area contributed by atoms with Gasteiger partial charge in [0.25, 0.3) is 0 Å². The number of anilines is 2. The molecule has 1 aromatic heterocycles. The first-order chi connectivity index (χ1) is 8.91. The van der Waals surface area contributed by atoms with Crippen LogP contribution in [-0.2, 0) is 4.74 Å². The Bertz CT molecular complexity index is 628. The molecule has 0 bridgehead atoms. The van der Waals surface area contributed by atoms with Gasteiger partial charge in [0.05, 0.1) is 22.5 Å². The van der Waals surface area contributed by atoms with Crippen molar-refractivity contribution in [2.45, 2.75) is 26.4 Å². The number of nitrogens with two attached hydrogens (primary N) is 1. The van der Waals surface area contributed by atoms with E-state index in [-0.39, 0.29) is 5.60 Å². The van der Waals surface area contributed by atoms with Crippen LogP contribution in [0.3, 0.4) is 0 Å². The lowest BCUT2D eigenvalue weighted by Gasteiger charge is -2.25. The molecule has 6 heteroatoms. The first kappa shape index (κ1) is 13.5. The number of hydrogen-bond donors (Lipinski definition) is 3. The van der Waals surface area contributed by atoms with Crippen molar-refractivity contribution in [3.8, 4) is 0 Å². The molecule has 4 N–H and O–H groups in total. The average molecular weight is 265 g/mol. The third-order valence-electron chi connectivity index (χ3n) is 2.83. The Morgan fingerprint density at radius 3 is 2.89 bits per heavy atom. The second kappa shape index (κ2) is 4.97. The number of H-pyrrole nitrogens is 1. The molecule has 0 saturated heterocycles. The summed E-state index contributed by atoms with van der Waals surface area (Å²) in [5.41, 5.74) is 7.98. The number of nitrogens with one attached hydrogen (secondary N) is 2. The molecule has 2 aromatic rings. The number of ether oxygens (including phenoxy) is 1. The Kier molecular flexibility index (Phi) is 3.53. The summed E-state index contributed by atoms with van der Waals surface area (Å²) >= 11 is 0. The number of nitrogen functional groups attached to an aromatic ring is 1. The van der Waals surface area contributed by atoms with Gasteiger partial charge >= 0.3 is 5.76 Å². The fourth-order valence-corrected chi connectivity index (χ4v) is 1.92. The van der Waals surface area contributed by atoms with Gasteiger partial charge in [-0.25, -0.2) is 4.79 Å².